The van der Waals surface area contributed by atoms with Gasteiger partial charge in [0.1, 0.15) is 0 Å². The summed E-state index contributed by atoms with van der Waals surface area (Å²) >= 11 is 0. The Morgan fingerprint density at radius 3 is 2.81 bits per heavy atom. The summed E-state index contributed by atoms with van der Waals surface area (Å²) in [5.41, 5.74) is 4.50. The molecule has 0 aliphatic heterocycles. The van der Waals surface area contributed by atoms with Crippen molar-refractivity contribution in [2.24, 2.45) is 0 Å². The molecule has 0 amide bonds. The molecule has 0 spiro atoms. The van der Waals surface area contributed by atoms with Crippen LogP contribution < -0.4 is 0 Å². The maximum atomic E-state index is 11.3. The van der Waals surface area contributed by atoms with Crippen LogP contribution in [0.1, 0.15) is 16.7 Å². The fraction of sp³-hybridized carbons (Fsp3) is 0.308. The van der Waals surface area contributed by atoms with E-state index in [2.05, 4.69) is 35.7 Å². The summed E-state index contributed by atoms with van der Waals surface area (Å²) in [5.74, 6) is -0.208. The van der Waals surface area contributed by atoms with Gasteiger partial charge < -0.3 is 9.72 Å². The van der Waals surface area contributed by atoms with Crippen LogP contribution in [0.5, 0.6) is 0 Å². The Bertz CT molecular complexity index is 540. The fourth-order valence-electron chi connectivity index (χ4n) is 2.02. The summed E-state index contributed by atoms with van der Waals surface area (Å²) in [6, 6.07) is 4.22. The number of aryl methyl sites for hydroxylation is 2. The Morgan fingerprint density at radius 1 is 1.38 bits per heavy atom. The molecule has 0 atom stereocenters. The van der Waals surface area contributed by atoms with Crippen molar-refractivity contribution in [3.05, 3.63) is 35.0 Å². The molecular weight excluding hydrogens is 202 g/mol. The normalized spacial score (nSPS) is 10.7. The zero-order valence-corrected chi connectivity index (χ0v) is 9.76. The number of methoxy groups -OCH3 is 1. The zero-order chi connectivity index (χ0) is 11.7. The van der Waals surface area contributed by atoms with Gasteiger partial charge in [-0.3, -0.25) is 4.79 Å². The Hall–Kier alpha value is -1.77. The molecule has 0 saturated heterocycles. The lowest BCUT2D eigenvalue weighted by atomic mass is 10.0. The molecule has 1 aromatic heterocycles. The lowest BCUT2D eigenvalue weighted by Gasteiger charge is -2.01. The number of H-pyrrole nitrogens is 1. The van der Waals surface area contributed by atoms with E-state index in [1.165, 1.54) is 18.2 Å². The van der Waals surface area contributed by atoms with Crippen LogP contribution >= 0.6 is 0 Å². The molecule has 1 N–H and O–H groups in total. The number of aromatic amines is 1. The van der Waals surface area contributed by atoms with Gasteiger partial charge in [0, 0.05) is 17.1 Å². The number of hydrogen-bond acceptors (Lipinski definition) is 2. The highest BCUT2D eigenvalue weighted by atomic mass is 16.5. The SMILES string of the molecule is COC(=O)Cc1c[nH]c2c(C)cc(C)cc12. The van der Waals surface area contributed by atoms with Gasteiger partial charge in [0.15, 0.2) is 0 Å². The van der Waals surface area contributed by atoms with Crippen molar-refractivity contribution < 1.29 is 9.53 Å². The average Bonchev–Trinajstić information content (AvgIpc) is 2.61. The molecule has 0 aliphatic carbocycles. The van der Waals surface area contributed by atoms with E-state index in [0.717, 1.165) is 16.5 Å². The zero-order valence-electron chi connectivity index (χ0n) is 9.76. The first kappa shape index (κ1) is 10.7. The second-order valence-electron chi connectivity index (χ2n) is 4.07. The molecule has 0 unspecified atom stereocenters. The summed E-state index contributed by atoms with van der Waals surface area (Å²) in [7, 11) is 1.41. The Kier molecular flexibility index (Phi) is 2.69. The number of hydrogen-bond donors (Lipinski definition) is 1. The van der Waals surface area contributed by atoms with Crippen molar-refractivity contribution in [3.8, 4) is 0 Å². The number of carbonyl (C=O) groups is 1. The smallest absolute Gasteiger partial charge is 0.310 e. The molecule has 3 heteroatoms. The molecule has 0 radical (unpaired) electrons. The van der Waals surface area contributed by atoms with Gasteiger partial charge in [0.05, 0.1) is 13.5 Å². The number of esters is 1. The first-order valence-electron chi connectivity index (χ1n) is 5.26. The predicted molar refractivity (Wildman–Crippen MR) is 63.5 cm³/mol. The van der Waals surface area contributed by atoms with Gasteiger partial charge >= 0.3 is 5.97 Å². The third-order valence-corrected chi connectivity index (χ3v) is 2.78. The average molecular weight is 217 g/mol. The van der Waals surface area contributed by atoms with Gasteiger partial charge in [-0.15, -0.1) is 0 Å². The molecule has 0 bridgehead atoms. The van der Waals surface area contributed by atoms with Gasteiger partial charge in [0.2, 0.25) is 0 Å². The standard InChI is InChI=1S/C13H15NO2/c1-8-4-9(2)13-11(5-8)10(7-14-13)6-12(15)16-3/h4-5,7,14H,6H2,1-3H3. The van der Waals surface area contributed by atoms with Crippen LogP contribution in [0.3, 0.4) is 0 Å². The van der Waals surface area contributed by atoms with Crippen molar-refractivity contribution in [2.75, 3.05) is 7.11 Å². The van der Waals surface area contributed by atoms with Crippen molar-refractivity contribution in [3.63, 3.8) is 0 Å². The minimum atomic E-state index is -0.208. The second kappa shape index (κ2) is 4.00. The molecule has 16 heavy (non-hydrogen) atoms. The molecule has 2 rings (SSSR count). The van der Waals surface area contributed by atoms with E-state index in [9.17, 15) is 4.79 Å². The maximum absolute atomic E-state index is 11.3. The molecule has 3 nitrogen and oxygen atoms in total. The summed E-state index contributed by atoms with van der Waals surface area (Å²) in [6.45, 7) is 4.12. The number of ether oxygens (including phenoxy) is 1. The van der Waals surface area contributed by atoms with Gasteiger partial charge in [-0.25, -0.2) is 0 Å². The maximum Gasteiger partial charge on any atom is 0.310 e. The van der Waals surface area contributed by atoms with Gasteiger partial charge in [-0.1, -0.05) is 11.6 Å². The lowest BCUT2D eigenvalue weighted by molar-refractivity contribution is -0.139. The molecule has 84 valence electrons. The van der Waals surface area contributed by atoms with Crippen molar-refractivity contribution in [2.45, 2.75) is 20.3 Å². The Morgan fingerprint density at radius 2 is 2.12 bits per heavy atom. The third kappa shape index (κ3) is 1.81. The highest BCUT2D eigenvalue weighted by Crippen LogP contribution is 2.23. The largest absolute Gasteiger partial charge is 0.469 e. The molecule has 1 heterocycles. The minimum absolute atomic E-state index is 0.208. The number of nitrogens with one attached hydrogen (secondary N) is 1. The quantitative estimate of drug-likeness (QED) is 0.785. The third-order valence-electron chi connectivity index (χ3n) is 2.78. The van der Waals surface area contributed by atoms with E-state index >= 15 is 0 Å². The first-order chi connectivity index (χ1) is 7.61. The van der Waals surface area contributed by atoms with E-state index in [0.29, 0.717) is 6.42 Å². The van der Waals surface area contributed by atoms with E-state index in [4.69, 9.17) is 0 Å². The molecule has 0 fully saturated rings. The van der Waals surface area contributed by atoms with E-state index in [1.54, 1.807) is 0 Å². The van der Waals surface area contributed by atoms with E-state index in [1.807, 2.05) is 6.20 Å². The van der Waals surface area contributed by atoms with Crippen LogP contribution in [0.2, 0.25) is 0 Å². The van der Waals surface area contributed by atoms with Crippen molar-refractivity contribution in [1.29, 1.82) is 0 Å². The van der Waals surface area contributed by atoms with Crippen molar-refractivity contribution in [1.82, 2.24) is 4.98 Å². The lowest BCUT2D eigenvalue weighted by Crippen LogP contribution is -2.03. The number of rotatable bonds is 2. The number of fused-ring (bicyclic) bond motifs is 1. The topological polar surface area (TPSA) is 42.1 Å². The number of benzene rings is 1. The van der Waals surface area contributed by atoms with Gasteiger partial charge in [0.25, 0.3) is 0 Å². The molecular formula is C13H15NO2. The van der Waals surface area contributed by atoms with E-state index < -0.39 is 0 Å². The summed E-state index contributed by atoms with van der Waals surface area (Å²) in [4.78, 5) is 14.5. The highest BCUT2D eigenvalue weighted by Gasteiger charge is 2.10. The van der Waals surface area contributed by atoms with Crippen LogP contribution in [-0.4, -0.2) is 18.1 Å². The first-order valence-corrected chi connectivity index (χ1v) is 5.26. The Labute approximate surface area is 94.4 Å². The molecule has 0 saturated carbocycles. The van der Waals surface area contributed by atoms with Crippen molar-refractivity contribution >= 4 is 16.9 Å². The van der Waals surface area contributed by atoms with Crippen LogP contribution in [0, 0.1) is 13.8 Å². The molecule has 0 aliphatic rings. The van der Waals surface area contributed by atoms with Crippen LogP contribution in [0.4, 0.5) is 0 Å². The minimum Gasteiger partial charge on any atom is -0.469 e. The molecule has 1 aromatic carbocycles. The number of aromatic nitrogens is 1. The Balaban J connectivity index is 2.51. The van der Waals surface area contributed by atoms with Crippen LogP contribution in [0.25, 0.3) is 10.9 Å². The number of carbonyl (C=O) groups excluding carboxylic acids is 1. The monoisotopic (exact) mass is 217 g/mol. The summed E-state index contributed by atoms with van der Waals surface area (Å²) in [5, 5.41) is 1.11. The molecule has 2 aromatic rings. The summed E-state index contributed by atoms with van der Waals surface area (Å²) < 4.78 is 4.68. The predicted octanol–water partition coefficient (Wildman–Crippen LogP) is 2.50. The van der Waals surface area contributed by atoms with Crippen LogP contribution in [0.15, 0.2) is 18.3 Å². The second-order valence-corrected chi connectivity index (χ2v) is 4.07. The summed E-state index contributed by atoms with van der Waals surface area (Å²) in [6.07, 6.45) is 2.20. The van der Waals surface area contributed by atoms with Gasteiger partial charge in [-0.2, -0.15) is 0 Å². The van der Waals surface area contributed by atoms with Gasteiger partial charge in [-0.05, 0) is 31.0 Å². The highest BCUT2D eigenvalue weighted by molar-refractivity contribution is 5.89. The van der Waals surface area contributed by atoms with Crippen LogP contribution in [-0.2, 0) is 16.0 Å². The van der Waals surface area contributed by atoms with E-state index in [-0.39, 0.29) is 5.97 Å². The fourth-order valence-corrected chi connectivity index (χ4v) is 2.02.